The van der Waals surface area contributed by atoms with Gasteiger partial charge in [-0.05, 0) is 69.0 Å². The molecule has 1 aliphatic rings. The normalized spacial score (nSPS) is 14.2. The second-order valence-corrected chi connectivity index (χ2v) is 10.1. The quantitative estimate of drug-likeness (QED) is 0.556. The van der Waals surface area contributed by atoms with Gasteiger partial charge in [0.15, 0.2) is 11.3 Å². The maximum absolute atomic E-state index is 13.5. The lowest BCUT2D eigenvalue weighted by Gasteiger charge is -2.15. The van der Waals surface area contributed by atoms with Crippen molar-refractivity contribution < 1.29 is 22.4 Å². The van der Waals surface area contributed by atoms with Crippen LogP contribution in [0.1, 0.15) is 40.1 Å². The zero-order valence-electron chi connectivity index (χ0n) is 18.4. The van der Waals surface area contributed by atoms with Crippen LogP contribution in [0.3, 0.4) is 0 Å². The van der Waals surface area contributed by atoms with Gasteiger partial charge >= 0.3 is 0 Å². The number of carbonyl (C=O) groups is 1. The minimum atomic E-state index is -4.10. The fraction of sp³-hybridized carbons (Fsp3) is 0.348. The Hall–Kier alpha value is -2.71. The van der Waals surface area contributed by atoms with E-state index in [4.69, 9.17) is 20.8 Å². The maximum atomic E-state index is 13.5. The lowest BCUT2D eigenvalue weighted by Crippen LogP contribution is -2.27. The van der Waals surface area contributed by atoms with Crippen molar-refractivity contribution >= 4 is 44.2 Å². The van der Waals surface area contributed by atoms with Crippen LogP contribution in [0, 0.1) is 20.8 Å². The van der Waals surface area contributed by atoms with E-state index in [1.807, 2.05) is 13.0 Å². The van der Waals surface area contributed by atoms with Gasteiger partial charge < -0.3 is 14.1 Å². The highest BCUT2D eigenvalue weighted by molar-refractivity contribution is 7.93. The molecule has 4 rings (SSSR count). The van der Waals surface area contributed by atoms with Crippen LogP contribution in [0.4, 0.5) is 5.69 Å². The predicted molar refractivity (Wildman–Crippen MR) is 124 cm³/mol. The lowest BCUT2D eigenvalue weighted by atomic mass is 10.0. The van der Waals surface area contributed by atoms with Crippen molar-refractivity contribution in [3.8, 4) is 5.75 Å². The summed E-state index contributed by atoms with van der Waals surface area (Å²) in [6, 6.07) is 6.54. The number of benzene rings is 2. The third-order valence-electron chi connectivity index (χ3n) is 5.95. The predicted octanol–water partition coefficient (Wildman–Crippen LogP) is 5.06. The summed E-state index contributed by atoms with van der Waals surface area (Å²) in [4.78, 5) is 14.8. The second-order valence-electron chi connectivity index (χ2n) is 8.03. The Bertz CT molecular complexity index is 1320. The minimum absolute atomic E-state index is 0.00176. The summed E-state index contributed by atoms with van der Waals surface area (Å²) in [5.74, 6) is 0.308. The average Bonchev–Trinajstić information content (AvgIpc) is 3.37. The van der Waals surface area contributed by atoms with E-state index in [-0.39, 0.29) is 27.8 Å². The number of nitrogens with zero attached hydrogens (tertiary/aromatic N) is 1. The molecule has 7 nitrogen and oxygen atoms in total. The van der Waals surface area contributed by atoms with Gasteiger partial charge in [0.1, 0.15) is 10.6 Å². The molecule has 32 heavy (non-hydrogen) atoms. The Labute approximate surface area is 192 Å². The van der Waals surface area contributed by atoms with Crippen LogP contribution < -0.4 is 9.46 Å². The zero-order valence-corrected chi connectivity index (χ0v) is 20.0. The van der Waals surface area contributed by atoms with Crippen molar-refractivity contribution in [3.63, 3.8) is 0 Å². The molecule has 0 saturated carbocycles. The van der Waals surface area contributed by atoms with E-state index >= 15 is 0 Å². The first-order chi connectivity index (χ1) is 15.1. The van der Waals surface area contributed by atoms with Crippen molar-refractivity contribution in [2.75, 3.05) is 24.9 Å². The first kappa shape index (κ1) is 22.5. The summed E-state index contributed by atoms with van der Waals surface area (Å²) in [6.07, 6.45) is 1.91. The minimum Gasteiger partial charge on any atom is -0.495 e. The number of sulfonamides is 1. The number of methoxy groups -OCH3 is 1. The fourth-order valence-corrected chi connectivity index (χ4v) is 5.77. The number of aryl methyl sites for hydroxylation is 2. The molecule has 1 fully saturated rings. The number of hydrogen-bond donors (Lipinski definition) is 1. The van der Waals surface area contributed by atoms with Gasteiger partial charge in [-0.2, -0.15) is 0 Å². The van der Waals surface area contributed by atoms with E-state index in [0.717, 1.165) is 18.4 Å². The van der Waals surface area contributed by atoms with Crippen LogP contribution in [0.2, 0.25) is 5.02 Å². The first-order valence-corrected chi connectivity index (χ1v) is 12.2. The molecule has 2 aromatic carbocycles. The molecule has 0 radical (unpaired) electrons. The van der Waals surface area contributed by atoms with Crippen molar-refractivity contribution in [1.82, 2.24) is 4.90 Å². The van der Waals surface area contributed by atoms with Gasteiger partial charge in [-0.25, -0.2) is 8.42 Å². The van der Waals surface area contributed by atoms with E-state index in [0.29, 0.717) is 40.4 Å². The summed E-state index contributed by atoms with van der Waals surface area (Å²) < 4.78 is 40.9. The molecule has 1 amide bonds. The van der Waals surface area contributed by atoms with Gasteiger partial charge in [0.25, 0.3) is 15.9 Å². The molecule has 9 heteroatoms. The van der Waals surface area contributed by atoms with Crippen molar-refractivity contribution in [2.45, 2.75) is 38.5 Å². The molecule has 1 N–H and O–H groups in total. The molecule has 1 aromatic heterocycles. The van der Waals surface area contributed by atoms with Crippen molar-refractivity contribution in [1.29, 1.82) is 0 Å². The van der Waals surface area contributed by atoms with Crippen LogP contribution >= 0.6 is 11.6 Å². The van der Waals surface area contributed by atoms with E-state index < -0.39 is 10.0 Å². The summed E-state index contributed by atoms with van der Waals surface area (Å²) >= 11 is 6.07. The van der Waals surface area contributed by atoms with E-state index in [9.17, 15) is 13.2 Å². The van der Waals surface area contributed by atoms with Gasteiger partial charge in [-0.3, -0.25) is 9.52 Å². The fourth-order valence-electron chi connectivity index (χ4n) is 4.09. The van der Waals surface area contributed by atoms with E-state index in [1.54, 1.807) is 30.9 Å². The third kappa shape index (κ3) is 3.82. The maximum Gasteiger partial charge on any atom is 0.289 e. The SMILES string of the molecule is COc1ccc(Cl)cc1NS(=O)(=O)c1c(C)c(C)cc2c(C)c(C(=O)N3CCCC3)oc12. The average molecular weight is 477 g/mol. The highest BCUT2D eigenvalue weighted by atomic mass is 35.5. The van der Waals surface area contributed by atoms with Gasteiger partial charge in [0, 0.05) is 29.1 Å². The molecule has 3 aromatic rings. The Morgan fingerprint density at radius 2 is 1.81 bits per heavy atom. The number of carbonyl (C=O) groups excluding carboxylic acids is 1. The van der Waals surface area contributed by atoms with Crippen LogP contribution in [0.25, 0.3) is 11.0 Å². The Morgan fingerprint density at radius 1 is 1.12 bits per heavy atom. The number of nitrogens with one attached hydrogen (secondary N) is 1. The third-order valence-corrected chi connectivity index (χ3v) is 7.71. The van der Waals surface area contributed by atoms with Gasteiger partial charge in [0.2, 0.25) is 0 Å². The van der Waals surface area contributed by atoms with Gasteiger partial charge in [-0.1, -0.05) is 11.6 Å². The molecule has 170 valence electrons. The number of halogens is 1. The van der Waals surface area contributed by atoms with Crippen LogP contribution in [-0.2, 0) is 10.0 Å². The Kier molecular flexibility index (Phi) is 5.85. The summed E-state index contributed by atoms with van der Waals surface area (Å²) in [5.41, 5.74) is 2.34. The molecular weight excluding hydrogens is 452 g/mol. The summed E-state index contributed by atoms with van der Waals surface area (Å²) in [5, 5.41) is 0.969. The number of hydrogen-bond acceptors (Lipinski definition) is 5. The standard InChI is InChI=1S/C23H25ClN2O5S/c1-13-11-17-15(3)20(23(27)26-9-5-6-10-26)31-21(17)22(14(13)2)32(28,29)25-18-12-16(24)7-8-19(18)30-4/h7-8,11-12,25H,5-6,9-10H2,1-4H3. The lowest BCUT2D eigenvalue weighted by molar-refractivity contribution is 0.0762. The van der Waals surface area contributed by atoms with Gasteiger partial charge in [-0.15, -0.1) is 0 Å². The number of likely N-dealkylation sites (tertiary alicyclic amines) is 1. The van der Waals surface area contributed by atoms with Crippen molar-refractivity contribution in [2.24, 2.45) is 0 Å². The van der Waals surface area contributed by atoms with E-state index in [1.165, 1.54) is 13.2 Å². The second kappa shape index (κ2) is 8.33. The number of amides is 1. The van der Waals surface area contributed by atoms with Gasteiger partial charge in [0.05, 0.1) is 12.8 Å². The molecule has 1 aliphatic heterocycles. The Balaban J connectivity index is 1.88. The number of ether oxygens (including phenoxy) is 1. The highest BCUT2D eigenvalue weighted by Gasteiger charge is 2.31. The molecule has 1 saturated heterocycles. The highest BCUT2D eigenvalue weighted by Crippen LogP contribution is 2.37. The molecular formula is C23H25ClN2O5S. The number of fused-ring (bicyclic) bond motifs is 1. The number of furan rings is 1. The number of rotatable bonds is 5. The summed E-state index contributed by atoms with van der Waals surface area (Å²) in [6.45, 7) is 6.69. The summed E-state index contributed by atoms with van der Waals surface area (Å²) in [7, 11) is -2.65. The molecule has 0 unspecified atom stereocenters. The molecule has 0 aliphatic carbocycles. The monoisotopic (exact) mass is 476 g/mol. The molecule has 0 bridgehead atoms. The van der Waals surface area contributed by atoms with Crippen LogP contribution in [0.5, 0.6) is 5.75 Å². The first-order valence-electron chi connectivity index (χ1n) is 10.3. The van der Waals surface area contributed by atoms with Crippen molar-refractivity contribution in [3.05, 3.63) is 51.7 Å². The molecule has 2 heterocycles. The molecule has 0 spiro atoms. The molecule has 0 atom stereocenters. The topological polar surface area (TPSA) is 88.8 Å². The zero-order chi connectivity index (χ0) is 23.2. The largest absolute Gasteiger partial charge is 0.495 e. The van der Waals surface area contributed by atoms with Crippen LogP contribution in [0.15, 0.2) is 33.6 Å². The number of anilines is 1. The van der Waals surface area contributed by atoms with Crippen LogP contribution in [-0.4, -0.2) is 39.4 Å². The Morgan fingerprint density at radius 3 is 2.47 bits per heavy atom. The smallest absolute Gasteiger partial charge is 0.289 e. The van der Waals surface area contributed by atoms with E-state index in [2.05, 4.69) is 4.72 Å².